The number of alkyl halides is 5. The molecule has 1 atom stereocenters. The lowest BCUT2D eigenvalue weighted by Crippen LogP contribution is -2.66. The van der Waals surface area contributed by atoms with Crippen molar-refractivity contribution in [2.24, 2.45) is 0 Å². The predicted molar refractivity (Wildman–Crippen MR) is 50.1 cm³/mol. The molecule has 0 amide bonds. The zero-order valence-electron chi connectivity index (χ0n) is 9.44. The molecule has 0 saturated carbocycles. The van der Waals surface area contributed by atoms with Gasteiger partial charge in [0.25, 0.3) is 0 Å². The van der Waals surface area contributed by atoms with Crippen LogP contribution in [0.4, 0.5) is 22.0 Å². The molecule has 1 aliphatic heterocycles. The maximum absolute atomic E-state index is 13.2. The van der Waals surface area contributed by atoms with Gasteiger partial charge in [0.2, 0.25) is 0 Å². The van der Waals surface area contributed by atoms with Gasteiger partial charge in [-0.15, -0.1) is 0 Å². The lowest BCUT2D eigenvalue weighted by atomic mass is 9.87. The van der Waals surface area contributed by atoms with E-state index in [4.69, 9.17) is 0 Å². The quantitative estimate of drug-likeness (QED) is 0.449. The van der Waals surface area contributed by atoms with Crippen LogP contribution >= 0.6 is 0 Å². The Morgan fingerprint density at radius 3 is 2.17 bits per heavy atom. The van der Waals surface area contributed by atoms with E-state index < -0.39 is 36.7 Å². The van der Waals surface area contributed by atoms with E-state index in [9.17, 15) is 26.7 Å². The Kier molecular flexibility index (Phi) is 3.71. The second-order valence-electron chi connectivity index (χ2n) is 4.02. The van der Waals surface area contributed by atoms with Crippen LogP contribution in [0.5, 0.6) is 0 Å². The molecule has 0 bridgehead atoms. The fourth-order valence-electron chi connectivity index (χ4n) is 1.36. The zero-order valence-corrected chi connectivity index (χ0v) is 9.44. The van der Waals surface area contributed by atoms with Crippen molar-refractivity contribution in [2.75, 3.05) is 13.2 Å². The first kappa shape index (κ1) is 14.9. The molecule has 0 aliphatic carbocycles. The van der Waals surface area contributed by atoms with E-state index in [-0.39, 0.29) is 12.2 Å². The Labute approximate surface area is 99.5 Å². The molecule has 0 aromatic carbocycles. The first-order valence-electron chi connectivity index (χ1n) is 4.95. The van der Waals surface area contributed by atoms with Crippen LogP contribution < -0.4 is 0 Å². The van der Waals surface area contributed by atoms with Crippen molar-refractivity contribution < 1.29 is 36.2 Å². The van der Waals surface area contributed by atoms with Gasteiger partial charge in [-0.3, -0.25) is 0 Å². The average molecular weight is 274 g/mol. The summed E-state index contributed by atoms with van der Waals surface area (Å²) in [7, 11) is 0. The highest BCUT2D eigenvalue weighted by Gasteiger charge is 2.73. The van der Waals surface area contributed by atoms with E-state index in [0.717, 1.165) is 0 Å². The number of carbonyl (C=O) groups is 1. The maximum atomic E-state index is 13.2. The van der Waals surface area contributed by atoms with E-state index >= 15 is 0 Å². The molecule has 1 fully saturated rings. The lowest BCUT2D eigenvalue weighted by Gasteiger charge is -2.46. The standard InChI is InChI=1S/C10H11F5O3/c1-6(2)7(16)17-5-8(3-4-18-8)9(11,12)10(13,14)15/h1,3-5H2,2H3. The summed E-state index contributed by atoms with van der Waals surface area (Å²) < 4.78 is 71.9. The fraction of sp³-hybridized carbons (Fsp3) is 0.700. The molecule has 1 aliphatic rings. The SMILES string of the molecule is C=C(C)C(=O)OCC1(C(F)(F)C(F)(F)F)CCO1. The van der Waals surface area contributed by atoms with Crippen molar-refractivity contribution in [3.63, 3.8) is 0 Å². The average Bonchev–Trinajstić information content (AvgIpc) is 2.13. The van der Waals surface area contributed by atoms with Crippen molar-refractivity contribution in [3.05, 3.63) is 12.2 Å². The van der Waals surface area contributed by atoms with Gasteiger partial charge in [-0.05, 0) is 6.92 Å². The first-order chi connectivity index (χ1) is 8.03. The highest BCUT2D eigenvalue weighted by atomic mass is 19.4. The predicted octanol–water partition coefficient (Wildman–Crippen LogP) is 2.46. The molecule has 1 saturated heterocycles. The third kappa shape index (κ3) is 2.33. The Hall–Kier alpha value is -1.18. The summed E-state index contributed by atoms with van der Waals surface area (Å²) in [5.41, 5.74) is -2.92. The van der Waals surface area contributed by atoms with Gasteiger partial charge in [0.05, 0.1) is 6.61 Å². The number of rotatable bonds is 4. The molecule has 1 heterocycles. The van der Waals surface area contributed by atoms with Gasteiger partial charge in [-0.2, -0.15) is 22.0 Å². The van der Waals surface area contributed by atoms with Crippen LogP contribution in [0, 0.1) is 0 Å². The van der Waals surface area contributed by atoms with Crippen LogP contribution in [0.2, 0.25) is 0 Å². The van der Waals surface area contributed by atoms with Gasteiger partial charge < -0.3 is 9.47 Å². The lowest BCUT2D eigenvalue weighted by molar-refractivity contribution is -0.382. The van der Waals surface area contributed by atoms with Crippen LogP contribution in [0.25, 0.3) is 0 Å². The molecule has 0 aromatic heterocycles. The highest BCUT2D eigenvalue weighted by Crippen LogP contribution is 2.50. The van der Waals surface area contributed by atoms with Crippen LogP contribution in [0.15, 0.2) is 12.2 Å². The van der Waals surface area contributed by atoms with E-state index in [0.29, 0.717) is 0 Å². The number of hydrogen-bond acceptors (Lipinski definition) is 3. The van der Waals surface area contributed by atoms with Gasteiger partial charge in [-0.25, -0.2) is 4.79 Å². The van der Waals surface area contributed by atoms with E-state index in [1.165, 1.54) is 6.92 Å². The molecule has 3 nitrogen and oxygen atoms in total. The summed E-state index contributed by atoms with van der Waals surface area (Å²) in [6, 6.07) is 0. The number of halogens is 5. The molecule has 8 heteroatoms. The number of ether oxygens (including phenoxy) is 2. The minimum absolute atomic E-state index is 0.0974. The topological polar surface area (TPSA) is 35.5 Å². The second-order valence-corrected chi connectivity index (χ2v) is 4.02. The Balaban J connectivity index is 2.81. The summed E-state index contributed by atoms with van der Waals surface area (Å²) in [4.78, 5) is 11.0. The van der Waals surface area contributed by atoms with Gasteiger partial charge >= 0.3 is 18.1 Å². The highest BCUT2D eigenvalue weighted by molar-refractivity contribution is 5.86. The monoisotopic (exact) mass is 274 g/mol. The van der Waals surface area contributed by atoms with Crippen molar-refractivity contribution in [1.29, 1.82) is 0 Å². The van der Waals surface area contributed by atoms with Crippen molar-refractivity contribution in [1.82, 2.24) is 0 Å². The van der Waals surface area contributed by atoms with Crippen LogP contribution in [0.1, 0.15) is 13.3 Å². The van der Waals surface area contributed by atoms with Crippen LogP contribution in [-0.4, -0.2) is 36.9 Å². The zero-order chi connectivity index (χ0) is 14.2. The number of hydrogen-bond donors (Lipinski definition) is 0. The van der Waals surface area contributed by atoms with Gasteiger partial charge in [0, 0.05) is 12.0 Å². The summed E-state index contributed by atoms with van der Waals surface area (Å²) in [5, 5.41) is 0. The maximum Gasteiger partial charge on any atom is 0.456 e. The molecule has 1 rings (SSSR count). The number of esters is 1. The molecule has 0 radical (unpaired) electrons. The molecule has 0 spiro atoms. The Bertz CT molecular complexity index is 357. The Morgan fingerprint density at radius 2 is 1.89 bits per heavy atom. The summed E-state index contributed by atoms with van der Waals surface area (Å²) in [6.45, 7) is 3.03. The third-order valence-electron chi connectivity index (χ3n) is 2.60. The van der Waals surface area contributed by atoms with Gasteiger partial charge in [0.15, 0.2) is 5.60 Å². The second kappa shape index (κ2) is 4.49. The molecule has 0 aromatic rings. The van der Waals surface area contributed by atoms with Gasteiger partial charge in [0.1, 0.15) is 6.61 Å². The van der Waals surface area contributed by atoms with Crippen molar-refractivity contribution in [2.45, 2.75) is 31.0 Å². The molecule has 1 unspecified atom stereocenters. The first-order valence-corrected chi connectivity index (χ1v) is 4.95. The fourth-order valence-corrected chi connectivity index (χ4v) is 1.36. The van der Waals surface area contributed by atoms with Crippen LogP contribution in [-0.2, 0) is 14.3 Å². The largest absolute Gasteiger partial charge is 0.459 e. The summed E-state index contributed by atoms with van der Waals surface area (Å²) in [5.74, 6) is -6.11. The molecular formula is C10H11F5O3. The third-order valence-corrected chi connectivity index (χ3v) is 2.60. The molecule has 18 heavy (non-hydrogen) atoms. The minimum atomic E-state index is -5.76. The van der Waals surface area contributed by atoms with E-state index in [1.54, 1.807) is 0 Å². The summed E-state index contributed by atoms with van der Waals surface area (Å²) in [6.07, 6.45) is -6.30. The van der Waals surface area contributed by atoms with E-state index in [2.05, 4.69) is 16.1 Å². The van der Waals surface area contributed by atoms with Crippen LogP contribution in [0.3, 0.4) is 0 Å². The number of carbonyl (C=O) groups excluding carboxylic acids is 1. The van der Waals surface area contributed by atoms with Gasteiger partial charge in [-0.1, -0.05) is 6.58 Å². The molecular weight excluding hydrogens is 263 g/mol. The normalized spacial score (nSPS) is 24.3. The van der Waals surface area contributed by atoms with Crippen molar-refractivity contribution >= 4 is 5.97 Å². The Morgan fingerprint density at radius 1 is 1.39 bits per heavy atom. The smallest absolute Gasteiger partial charge is 0.456 e. The van der Waals surface area contributed by atoms with Crippen molar-refractivity contribution in [3.8, 4) is 0 Å². The molecule has 0 N–H and O–H groups in total. The minimum Gasteiger partial charge on any atom is -0.459 e. The molecule has 104 valence electrons. The summed E-state index contributed by atoms with van der Waals surface area (Å²) >= 11 is 0. The van der Waals surface area contributed by atoms with E-state index in [1.807, 2.05) is 0 Å².